The van der Waals surface area contributed by atoms with Crippen LogP contribution in [0.1, 0.15) is 39.5 Å². The summed E-state index contributed by atoms with van der Waals surface area (Å²) in [5.74, 6) is 7.94. The van der Waals surface area contributed by atoms with Crippen LogP contribution in [0.5, 0.6) is 0 Å². The third kappa shape index (κ3) is 11.8. The van der Waals surface area contributed by atoms with Gasteiger partial charge in [-0.1, -0.05) is 26.7 Å². The molecule has 0 aliphatic carbocycles. The molecule has 0 spiro atoms. The smallest absolute Gasteiger partial charge is 0.205 e. The molecular formula is C12H28N4S. The maximum atomic E-state index is 5.39. The Balaban J connectivity index is 3.46. The number of hydrazine groups is 1. The highest BCUT2D eigenvalue weighted by Crippen LogP contribution is 2.03. The van der Waals surface area contributed by atoms with Crippen molar-refractivity contribution in [3.63, 3.8) is 0 Å². The lowest BCUT2D eigenvalue weighted by Crippen LogP contribution is -2.42. The normalized spacial score (nSPS) is 11.9. The lowest BCUT2D eigenvalue weighted by atomic mass is 10.2. The van der Waals surface area contributed by atoms with Crippen LogP contribution >= 0.6 is 11.8 Å². The summed E-state index contributed by atoms with van der Waals surface area (Å²) in [5.41, 5.74) is 2.60. The molecule has 0 aliphatic rings. The van der Waals surface area contributed by atoms with Crippen LogP contribution in [0.25, 0.3) is 0 Å². The van der Waals surface area contributed by atoms with Gasteiger partial charge >= 0.3 is 0 Å². The van der Waals surface area contributed by atoms with Gasteiger partial charge in [0.2, 0.25) is 5.96 Å². The number of thioether (sulfide) groups is 1. The predicted octanol–water partition coefficient (Wildman–Crippen LogP) is 1.97. The van der Waals surface area contributed by atoms with E-state index in [4.69, 9.17) is 5.84 Å². The molecule has 0 aromatic rings. The van der Waals surface area contributed by atoms with Crippen LogP contribution in [-0.2, 0) is 0 Å². The molecule has 0 saturated carbocycles. The highest BCUT2D eigenvalue weighted by molar-refractivity contribution is 7.98. The van der Waals surface area contributed by atoms with Gasteiger partial charge in [0, 0.05) is 13.1 Å². The van der Waals surface area contributed by atoms with Crippen LogP contribution in [-0.4, -0.2) is 31.1 Å². The Labute approximate surface area is 110 Å². The number of nitrogens with one attached hydrogen (secondary N) is 2. The first kappa shape index (κ1) is 16.6. The summed E-state index contributed by atoms with van der Waals surface area (Å²) in [5, 5.41) is 3.22. The van der Waals surface area contributed by atoms with E-state index >= 15 is 0 Å². The van der Waals surface area contributed by atoms with E-state index in [1.165, 1.54) is 31.4 Å². The van der Waals surface area contributed by atoms with Crippen LogP contribution < -0.4 is 16.6 Å². The van der Waals surface area contributed by atoms with Crippen molar-refractivity contribution in [2.45, 2.75) is 39.5 Å². The van der Waals surface area contributed by atoms with Crippen molar-refractivity contribution < 1.29 is 0 Å². The molecule has 0 atom stereocenters. The van der Waals surface area contributed by atoms with Crippen molar-refractivity contribution in [2.75, 3.05) is 25.1 Å². The zero-order valence-electron chi connectivity index (χ0n) is 11.5. The molecule has 0 rings (SSSR count). The Hall–Kier alpha value is -0.420. The van der Waals surface area contributed by atoms with E-state index in [-0.39, 0.29) is 0 Å². The maximum absolute atomic E-state index is 5.39. The van der Waals surface area contributed by atoms with Crippen LogP contribution in [0.4, 0.5) is 0 Å². The van der Waals surface area contributed by atoms with Crippen molar-refractivity contribution in [2.24, 2.45) is 16.8 Å². The van der Waals surface area contributed by atoms with Gasteiger partial charge in [-0.25, -0.2) is 5.84 Å². The van der Waals surface area contributed by atoms with Gasteiger partial charge in [-0.3, -0.25) is 10.4 Å². The largest absolute Gasteiger partial charge is 0.355 e. The standard InChI is InChI=1S/C12H28N4S/c1-11(2)10-15-12(16-13)14-8-6-4-5-7-9-17-3/h11H,4-10,13H2,1-3H3,(H2,14,15,16). The van der Waals surface area contributed by atoms with Crippen LogP contribution in [0, 0.1) is 5.92 Å². The summed E-state index contributed by atoms with van der Waals surface area (Å²) in [6, 6.07) is 0. The van der Waals surface area contributed by atoms with Crippen LogP contribution in [0.2, 0.25) is 0 Å². The number of nitrogens with two attached hydrogens (primary N) is 1. The van der Waals surface area contributed by atoms with Gasteiger partial charge in [0.1, 0.15) is 0 Å². The number of unbranched alkanes of at least 4 members (excludes halogenated alkanes) is 3. The quantitative estimate of drug-likeness (QED) is 0.195. The van der Waals surface area contributed by atoms with Crippen molar-refractivity contribution >= 4 is 17.7 Å². The van der Waals surface area contributed by atoms with Crippen molar-refractivity contribution in [3.05, 3.63) is 0 Å². The van der Waals surface area contributed by atoms with E-state index in [0.717, 1.165) is 13.1 Å². The monoisotopic (exact) mass is 260 g/mol. The Morgan fingerprint density at radius 2 is 1.94 bits per heavy atom. The number of hydrogen-bond donors (Lipinski definition) is 3. The molecule has 0 aromatic carbocycles. The zero-order chi connectivity index (χ0) is 12.9. The number of guanidine groups is 1. The van der Waals surface area contributed by atoms with Crippen LogP contribution in [0.15, 0.2) is 4.99 Å². The fraction of sp³-hybridized carbons (Fsp3) is 0.917. The molecular weight excluding hydrogens is 232 g/mol. The Morgan fingerprint density at radius 1 is 1.24 bits per heavy atom. The summed E-state index contributed by atoms with van der Waals surface area (Å²) in [6.07, 6.45) is 7.25. The van der Waals surface area contributed by atoms with Crippen LogP contribution in [0.3, 0.4) is 0 Å². The molecule has 0 bridgehead atoms. The summed E-state index contributed by atoms with van der Waals surface area (Å²) >= 11 is 1.92. The summed E-state index contributed by atoms with van der Waals surface area (Å²) < 4.78 is 0. The van der Waals surface area contributed by atoms with E-state index in [0.29, 0.717) is 11.9 Å². The van der Waals surface area contributed by atoms with Gasteiger partial charge in [0.05, 0.1) is 0 Å². The maximum Gasteiger partial charge on any atom is 0.205 e. The fourth-order valence-electron chi connectivity index (χ4n) is 1.36. The number of rotatable bonds is 9. The first-order chi connectivity index (χ1) is 8.20. The Morgan fingerprint density at radius 3 is 2.53 bits per heavy atom. The minimum atomic E-state index is 0.562. The van der Waals surface area contributed by atoms with Crippen molar-refractivity contribution in [3.8, 4) is 0 Å². The first-order valence-electron chi connectivity index (χ1n) is 6.44. The average molecular weight is 260 g/mol. The second-order valence-corrected chi connectivity index (χ2v) is 5.55. The number of hydrogen-bond acceptors (Lipinski definition) is 3. The number of nitrogens with zero attached hydrogens (tertiary/aromatic N) is 1. The van der Waals surface area contributed by atoms with Gasteiger partial charge in [0.25, 0.3) is 0 Å². The second-order valence-electron chi connectivity index (χ2n) is 4.56. The second kappa shape index (κ2) is 12.0. The SMILES string of the molecule is CSCCCCCCNC(=NCC(C)C)NN. The molecule has 0 fully saturated rings. The molecule has 0 heterocycles. The Kier molecular flexibility index (Phi) is 11.8. The minimum absolute atomic E-state index is 0.562. The van der Waals surface area contributed by atoms with Gasteiger partial charge in [-0.15, -0.1) is 0 Å². The van der Waals surface area contributed by atoms with Gasteiger partial charge in [0.15, 0.2) is 0 Å². The molecule has 0 aromatic heterocycles. The summed E-state index contributed by atoms with van der Waals surface area (Å²) in [7, 11) is 0. The molecule has 5 heteroatoms. The van der Waals surface area contributed by atoms with E-state index in [1.54, 1.807) is 0 Å². The lowest BCUT2D eigenvalue weighted by molar-refractivity contribution is 0.637. The van der Waals surface area contributed by atoms with E-state index in [2.05, 4.69) is 35.8 Å². The average Bonchev–Trinajstić information content (AvgIpc) is 2.31. The predicted molar refractivity (Wildman–Crippen MR) is 79.3 cm³/mol. The van der Waals surface area contributed by atoms with Gasteiger partial charge < -0.3 is 5.32 Å². The third-order valence-corrected chi connectivity index (χ3v) is 3.02. The molecule has 4 N–H and O–H groups in total. The van der Waals surface area contributed by atoms with Crippen molar-refractivity contribution in [1.82, 2.24) is 10.7 Å². The van der Waals surface area contributed by atoms with Gasteiger partial charge in [-0.05, 0) is 30.8 Å². The lowest BCUT2D eigenvalue weighted by Gasteiger charge is -2.09. The molecule has 0 aliphatic heterocycles. The minimum Gasteiger partial charge on any atom is -0.355 e. The zero-order valence-corrected chi connectivity index (χ0v) is 12.3. The molecule has 17 heavy (non-hydrogen) atoms. The van der Waals surface area contributed by atoms with E-state index in [1.807, 2.05) is 11.8 Å². The summed E-state index contributed by atoms with van der Waals surface area (Å²) in [4.78, 5) is 4.36. The Bertz CT molecular complexity index is 195. The van der Waals surface area contributed by atoms with Gasteiger partial charge in [-0.2, -0.15) is 11.8 Å². The molecule has 4 nitrogen and oxygen atoms in total. The first-order valence-corrected chi connectivity index (χ1v) is 7.84. The third-order valence-electron chi connectivity index (χ3n) is 2.32. The molecule has 0 unspecified atom stereocenters. The fourth-order valence-corrected chi connectivity index (χ4v) is 1.85. The highest BCUT2D eigenvalue weighted by atomic mass is 32.2. The van der Waals surface area contributed by atoms with E-state index < -0.39 is 0 Å². The summed E-state index contributed by atoms with van der Waals surface area (Å²) in [6.45, 7) is 6.04. The van der Waals surface area contributed by atoms with E-state index in [9.17, 15) is 0 Å². The molecule has 102 valence electrons. The number of aliphatic imine (C=N–C) groups is 1. The highest BCUT2D eigenvalue weighted by Gasteiger charge is 1.96. The molecule has 0 amide bonds. The molecule has 0 saturated heterocycles. The topological polar surface area (TPSA) is 62.4 Å². The molecule has 0 radical (unpaired) electrons. The van der Waals surface area contributed by atoms with Crippen molar-refractivity contribution in [1.29, 1.82) is 0 Å².